The highest BCUT2D eigenvalue weighted by molar-refractivity contribution is 6.11. The van der Waals surface area contributed by atoms with E-state index in [-0.39, 0.29) is 10.8 Å². The van der Waals surface area contributed by atoms with Gasteiger partial charge in [0.05, 0.1) is 0 Å². The molecular weight excluding hydrogens is 512 g/mol. The average molecular weight is 555 g/mol. The number of benzene rings is 4. The van der Waals surface area contributed by atoms with Crippen LogP contribution in [0.2, 0.25) is 0 Å². The van der Waals surface area contributed by atoms with E-state index in [1.165, 1.54) is 98.9 Å². The summed E-state index contributed by atoms with van der Waals surface area (Å²) >= 11 is 0. The fourth-order valence-electron chi connectivity index (χ4n) is 13.0. The zero-order valence-corrected chi connectivity index (χ0v) is 24.6. The predicted octanol–water partition coefficient (Wildman–Crippen LogP) is 10.0. The van der Waals surface area contributed by atoms with Crippen molar-refractivity contribution in [3.05, 3.63) is 71.8 Å². The van der Waals surface area contributed by atoms with Gasteiger partial charge in [-0.15, -0.1) is 0 Å². The summed E-state index contributed by atoms with van der Waals surface area (Å²) in [7, 11) is 0. The molecule has 0 aliphatic heterocycles. The zero-order chi connectivity index (χ0) is 27.8. The normalized spacial score (nSPS) is 37.7. The van der Waals surface area contributed by atoms with Gasteiger partial charge in [-0.25, -0.2) is 0 Å². The number of fused-ring (bicyclic) bond motifs is 2. The van der Waals surface area contributed by atoms with Crippen molar-refractivity contribution in [2.45, 2.75) is 87.9 Å². The van der Waals surface area contributed by atoms with E-state index < -0.39 is 0 Å². The molecule has 8 saturated carbocycles. The van der Waals surface area contributed by atoms with Gasteiger partial charge in [0.25, 0.3) is 0 Å². The van der Waals surface area contributed by atoms with Crippen molar-refractivity contribution in [3.8, 4) is 22.6 Å². The Hall–Kier alpha value is -3.00. The summed E-state index contributed by atoms with van der Waals surface area (Å²) in [6, 6.07) is 21.8. The Kier molecular flexibility index (Phi) is 4.85. The topological polar surface area (TPSA) is 40.5 Å². The minimum Gasteiger partial charge on any atom is -0.507 e. The maximum Gasteiger partial charge on any atom is 0.124 e. The van der Waals surface area contributed by atoms with Crippen LogP contribution in [-0.2, 0) is 10.8 Å². The highest BCUT2D eigenvalue weighted by Crippen LogP contribution is 2.64. The third-order valence-electron chi connectivity index (χ3n) is 13.5. The second-order valence-corrected chi connectivity index (χ2v) is 16.1. The molecule has 0 saturated heterocycles. The highest BCUT2D eigenvalue weighted by atomic mass is 16.3. The first kappa shape index (κ1) is 24.4. The molecule has 0 aromatic heterocycles. The number of hydrogen-bond donors (Lipinski definition) is 2. The van der Waals surface area contributed by atoms with Crippen LogP contribution in [-0.4, -0.2) is 10.2 Å². The van der Waals surface area contributed by atoms with E-state index in [2.05, 4.69) is 60.7 Å². The molecule has 2 N–H and O–H groups in total. The lowest BCUT2D eigenvalue weighted by Gasteiger charge is -2.57. The molecule has 42 heavy (non-hydrogen) atoms. The molecule has 8 aliphatic carbocycles. The Morgan fingerprint density at radius 3 is 1.02 bits per heavy atom. The molecule has 0 heterocycles. The molecule has 2 nitrogen and oxygen atoms in total. The van der Waals surface area contributed by atoms with Gasteiger partial charge < -0.3 is 10.2 Å². The molecule has 214 valence electrons. The van der Waals surface area contributed by atoms with Crippen LogP contribution >= 0.6 is 0 Å². The molecule has 0 amide bonds. The molecular formula is C40H42O2. The quantitative estimate of drug-likeness (QED) is 0.264. The van der Waals surface area contributed by atoms with E-state index in [9.17, 15) is 10.2 Å². The summed E-state index contributed by atoms with van der Waals surface area (Å²) in [4.78, 5) is 0. The van der Waals surface area contributed by atoms with E-state index in [4.69, 9.17) is 0 Å². The Morgan fingerprint density at radius 2 is 0.714 bits per heavy atom. The largest absolute Gasteiger partial charge is 0.507 e. The molecule has 8 aliphatic rings. The van der Waals surface area contributed by atoms with Crippen LogP contribution in [0.15, 0.2) is 60.7 Å². The summed E-state index contributed by atoms with van der Waals surface area (Å²) < 4.78 is 0. The van der Waals surface area contributed by atoms with Gasteiger partial charge in [0, 0.05) is 11.1 Å². The first-order valence-corrected chi connectivity index (χ1v) is 17.0. The number of phenolic OH excluding ortho intramolecular Hbond substituents is 2. The van der Waals surface area contributed by atoms with Crippen molar-refractivity contribution < 1.29 is 10.2 Å². The van der Waals surface area contributed by atoms with Crippen molar-refractivity contribution in [1.82, 2.24) is 0 Å². The van der Waals surface area contributed by atoms with Gasteiger partial charge >= 0.3 is 0 Å². The number of rotatable bonds is 3. The second-order valence-electron chi connectivity index (χ2n) is 16.1. The standard InChI is InChI=1S/C40H42O2/c41-35-15-33(39-17-23-9-24(18-39)11-25(10-23)19-39)29-5-1-3-7-31(29)37(35)38-32-8-4-2-6-30(32)34(16-36(38)42)40-20-26-12-27(21-40)14-28(13-26)22-40/h1-8,15-16,23-28,41-42H,9-14,17-22H2. The van der Waals surface area contributed by atoms with Crippen molar-refractivity contribution in [2.75, 3.05) is 0 Å². The third kappa shape index (κ3) is 3.28. The molecule has 12 rings (SSSR count). The number of hydrogen-bond acceptors (Lipinski definition) is 2. The lowest BCUT2D eigenvalue weighted by molar-refractivity contribution is -0.00470. The highest BCUT2D eigenvalue weighted by Gasteiger charge is 2.53. The van der Waals surface area contributed by atoms with Crippen LogP contribution in [0, 0.1) is 35.5 Å². The zero-order valence-electron chi connectivity index (χ0n) is 24.6. The predicted molar refractivity (Wildman–Crippen MR) is 170 cm³/mol. The third-order valence-corrected chi connectivity index (χ3v) is 13.5. The van der Waals surface area contributed by atoms with Gasteiger partial charge in [0.15, 0.2) is 0 Å². The van der Waals surface area contributed by atoms with Crippen molar-refractivity contribution >= 4 is 21.5 Å². The minimum atomic E-state index is 0.191. The molecule has 0 atom stereocenters. The second kappa shape index (κ2) is 8.34. The molecule has 0 unspecified atom stereocenters. The first-order chi connectivity index (χ1) is 20.5. The molecule has 4 aromatic rings. The van der Waals surface area contributed by atoms with Gasteiger partial charge in [-0.3, -0.25) is 0 Å². The average Bonchev–Trinajstić information content (AvgIpc) is 2.96. The molecule has 4 aromatic carbocycles. The SMILES string of the molecule is Oc1cc(C23CC4CC(CC(C4)C2)C3)c2ccccc2c1-c1c(O)cc(C23CC4CC(CC(C4)C2)C3)c2ccccc12. The summed E-state index contributed by atoms with van der Waals surface area (Å²) in [5.41, 5.74) is 4.74. The van der Waals surface area contributed by atoms with Crippen molar-refractivity contribution in [2.24, 2.45) is 35.5 Å². The number of phenols is 2. The van der Waals surface area contributed by atoms with E-state index in [0.29, 0.717) is 11.5 Å². The molecule has 0 spiro atoms. The van der Waals surface area contributed by atoms with Crippen LogP contribution < -0.4 is 0 Å². The van der Waals surface area contributed by atoms with Crippen LogP contribution in [0.5, 0.6) is 11.5 Å². The van der Waals surface area contributed by atoms with Crippen LogP contribution in [0.1, 0.15) is 88.2 Å². The van der Waals surface area contributed by atoms with Crippen molar-refractivity contribution in [3.63, 3.8) is 0 Å². The van der Waals surface area contributed by atoms with Gasteiger partial charge in [0.2, 0.25) is 0 Å². The molecule has 2 heteroatoms. The fraction of sp³-hybridized carbons (Fsp3) is 0.500. The van der Waals surface area contributed by atoms with Crippen molar-refractivity contribution in [1.29, 1.82) is 0 Å². The molecule has 8 bridgehead atoms. The minimum absolute atomic E-state index is 0.191. The van der Waals surface area contributed by atoms with Gasteiger partial charge in [-0.2, -0.15) is 0 Å². The Morgan fingerprint density at radius 1 is 0.429 bits per heavy atom. The smallest absolute Gasteiger partial charge is 0.124 e. The monoisotopic (exact) mass is 554 g/mol. The Labute approximate surface area is 249 Å². The van der Waals surface area contributed by atoms with E-state index in [1.54, 1.807) is 0 Å². The Bertz CT molecular complexity index is 1580. The van der Waals surface area contributed by atoms with E-state index in [0.717, 1.165) is 57.4 Å². The van der Waals surface area contributed by atoms with Gasteiger partial charge in [-0.1, -0.05) is 48.5 Å². The van der Waals surface area contributed by atoms with E-state index >= 15 is 0 Å². The maximum absolute atomic E-state index is 12.0. The number of aromatic hydroxyl groups is 2. The van der Waals surface area contributed by atoms with E-state index in [1.807, 2.05) is 0 Å². The lowest BCUT2D eigenvalue weighted by atomic mass is 9.47. The van der Waals surface area contributed by atoms with Crippen LogP contribution in [0.3, 0.4) is 0 Å². The lowest BCUT2D eigenvalue weighted by Crippen LogP contribution is -2.48. The summed E-state index contributed by atoms with van der Waals surface area (Å²) in [6.07, 6.45) is 16.1. The van der Waals surface area contributed by atoms with Gasteiger partial charge in [0.1, 0.15) is 11.5 Å². The molecule has 0 radical (unpaired) electrons. The fourth-order valence-corrected chi connectivity index (χ4v) is 13.0. The summed E-state index contributed by atoms with van der Waals surface area (Å²) in [5, 5.41) is 28.8. The van der Waals surface area contributed by atoms with Gasteiger partial charge in [-0.05, 0) is 168 Å². The maximum atomic E-state index is 12.0. The van der Waals surface area contributed by atoms with Crippen LogP contribution in [0.25, 0.3) is 32.7 Å². The first-order valence-electron chi connectivity index (χ1n) is 17.0. The molecule has 8 fully saturated rings. The Balaban J connectivity index is 1.19. The van der Waals surface area contributed by atoms with Crippen LogP contribution in [0.4, 0.5) is 0 Å². The summed E-state index contributed by atoms with van der Waals surface area (Å²) in [6.45, 7) is 0. The summed E-state index contributed by atoms with van der Waals surface area (Å²) in [5.74, 6) is 5.77.